The number of rotatable bonds is 8. The summed E-state index contributed by atoms with van der Waals surface area (Å²) in [5.41, 5.74) is 1.03. The molecule has 2 heterocycles. The van der Waals surface area contributed by atoms with E-state index in [9.17, 15) is 18.0 Å². The number of hydrogen-bond donors (Lipinski definition) is 0. The highest BCUT2D eigenvalue weighted by atomic mass is 19.4. The lowest BCUT2D eigenvalue weighted by Gasteiger charge is -2.28. The van der Waals surface area contributed by atoms with Crippen molar-refractivity contribution in [3.8, 4) is 23.0 Å². The first-order valence-corrected chi connectivity index (χ1v) is 12.6. The monoisotopic (exact) mass is 540 g/mol. The maximum atomic E-state index is 13.4. The van der Waals surface area contributed by atoms with Crippen LogP contribution in [0.1, 0.15) is 57.0 Å². The van der Waals surface area contributed by atoms with Crippen molar-refractivity contribution < 1.29 is 27.2 Å². The van der Waals surface area contributed by atoms with Crippen LogP contribution in [0.5, 0.6) is 0 Å². The first-order chi connectivity index (χ1) is 18.2. The number of carbonyl (C=O) groups is 1. The van der Waals surface area contributed by atoms with Crippen molar-refractivity contribution in [2.24, 2.45) is 0 Å². The number of benzene rings is 2. The number of nitrogens with zero attached hydrogens (tertiary/aromatic N) is 4. The van der Waals surface area contributed by atoms with Gasteiger partial charge in [0.05, 0.1) is 24.0 Å². The largest absolute Gasteiger partial charge is 0.465 e. The van der Waals surface area contributed by atoms with Crippen LogP contribution < -0.4 is 0 Å². The van der Waals surface area contributed by atoms with Gasteiger partial charge in [0.2, 0.25) is 5.82 Å². The van der Waals surface area contributed by atoms with E-state index in [0.29, 0.717) is 24.4 Å². The van der Waals surface area contributed by atoms with Crippen LogP contribution in [0.2, 0.25) is 0 Å². The molecule has 0 radical (unpaired) electrons. The molecule has 4 aromatic rings. The summed E-state index contributed by atoms with van der Waals surface area (Å²) in [6.07, 6.45) is -4.37. The van der Waals surface area contributed by atoms with Gasteiger partial charge in [-0.1, -0.05) is 53.7 Å². The zero-order valence-electron chi connectivity index (χ0n) is 22.8. The van der Waals surface area contributed by atoms with E-state index in [1.165, 1.54) is 12.1 Å². The summed E-state index contributed by atoms with van der Waals surface area (Å²) in [6, 6.07) is 15.5. The van der Waals surface area contributed by atoms with Crippen molar-refractivity contribution in [1.82, 2.24) is 19.9 Å². The second-order valence-electron chi connectivity index (χ2n) is 10.5. The third-order valence-electron chi connectivity index (χ3n) is 6.97. The molecule has 0 saturated carbocycles. The van der Waals surface area contributed by atoms with Crippen LogP contribution in [0, 0.1) is 6.92 Å². The third kappa shape index (κ3) is 5.60. The molecule has 0 N–H and O–H groups in total. The third-order valence-corrected chi connectivity index (χ3v) is 6.97. The molecule has 10 heteroatoms. The Hall–Kier alpha value is -3.95. The molecule has 4 rings (SSSR count). The molecule has 0 spiro atoms. The second kappa shape index (κ2) is 10.3. The highest BCUT2D eigenvalue weighted by Crippen LogP contribution is 2.40. The quantitative estimate of drug-likeness (QED) is 0.233. The van der Waals surface area contributed by atoms with Crippen LogP contribution in [-0.4, -0.2) is 38.7 Å². The van der Waals surface area contributed by atoms with E-state index >= 15 is 0 Å². The predicted octanol–water partition coefficient (Wildman–Crippen LogP) is 6.64. The Morgan fingerprint density at radius 2 is 1.69 bits per heavy atom. The molecule has 2 aromatic carbocycles. The van der Waals surface area contributed by atoms with Gasteiger partial charge < -0.3 is 9.26 Å². The molecule has 0 saturated heterocycles. The fourth-order valence-corrected chi connectivity index (χ4v) is 4.08. The summed E-state index contributed by atoms with van der Waals surface area (Å²) in [6.45, 7) is 10.4. The van der Waals surface area contributed by atoms with E-state index in [2.05, 4.69) is 15.2 Å². The van der Waals surface area contributed by atoms with Gasteiger partial charge in [-0.2, -0.15) is 23.3 Å². The Labute approximate surface area is 225 Å². The molecule has 0 aliphatic carbocycles. The van der Waals surface area contributed by atoms with Gasteiger partial charge in [0.1, 0.15) is 0 Å². The number of esters is 1. The summed E-state index contributed by atoms with van der Waals surface area (Å²) >= 11 is 0. The van der Waals surface area contributed by atoms with Gasteiger partial charge in [-0.3, -0.25) is 9.48 Å². The zero-order chi connectivity index (χ0) is 28.6. The summed E-state index contributed by atoms with van der Waals surface area (Å²) < 4.78 is 52.6. The molecule has 0 amide bonds. The average molecular weight is 541 g/mol. The number of aromatic nitrogens is 4. The maximum absolute atomic E-state index is 13.4. The lowest BCUT2D eigenvalue weighted by Crippen LogP contribution is -2.36. The Morgan fingerprint density at radius 3 is 2.33 bits per heavy atom. The van der Waals surface area contributed by atoms with E-state index in [0.717, 1.165) is 30.7 Å². The van der Waals surface area contributed by atoms with Gasteiger partial charge in [-0.15, -0.1) is 0 Å². The van der Waals surface area contributed by atoms with Crippen LogP contribution in [0.25, 0.3) is 23.0 Å². The van der Waals surface area contributed by atoms with Gasteiger partial charge in [0.25, 0.3) is 5.89 Å². The Balaban J connectivity index is 1.53. The van der Waals surface area contributed by atoms with Crippen LogP contribution in [0.15, 0.2) is 59.1 Å². The molecule has 0 bridgehead atoms. The molecule has 7 nitrogen and oxygen atoms in total. The number of alkyl halides is 3. The minimum absolute atomic E-state index is 0.145. The van der Waals surface area contributed by atoms with Gasteiger partial charge in [0.15, 0.2) is 5.69 Å². The first kappa shape index (κ1) is 28.1. The lowest BCUT2D eigenvalue weighted by molar-refractivity contribution is -0.180. The van der Waals surface area contributed by atoms with Crippen LogP contribution >= 0.6 is 0 Å². The molecule has 0 aliphatic rings. The van der Waals surface area contributed by atoms with Crippen molar-refractivity contribution in [2.45, 2.75) is 65.1 Å². The predicted molar refractivity (Wildman–Crippen MR) is 140 cm³/mol. The zero-order valence-corrected chi connectivity index (χ0v) is 22.8. The number of hydrogen-bond acceptors (Lipinski definition) is 6. The fourth-order valence-electron chi connectivity index (χ4n) is 4.08. The average Bonchev–Trinajstić information content (AvgIpc) is 3.51. The highest BCUT2D eigenvalue weighted by molar-refractivity contribution is 5.82. The van der Waals surface area contributed by atoms with E-state index in [1.54, 1.807) is 23.7 Å². The second-order valence-corrected chi connectivity index (χ2v) is 10.5. The summed E-state index contributed by atoms with van der Waals surface area (Å²) in [5.74, 6) is 0.164. The van der Waals surface area contributed by atoms with Gasteiger partial charge >= 0.3 is 12.1 Å². The summed E-state index contributed by atoms with van der Waals surface area (Å²) in [5, 5.41) is 8.61. The molecule has 2 aromatic heterocycles. The first-order valence-electron chi connectivity index (χ1n) is 12.6. The van der Waals surface area contributed by atoms with E-state index in [-0.39, 0.29) is 23.2 Å². The molecule has 0 unspecified atom stereocenters. The van der Waals surface area contributed by atoms with Crippen molar-refractivity contribution >= 4 is 5.97 Å². The van der Waals surface area contributed by atoms with E-state index in [1.807, 2.05) is 51.1 Å². The van der Waals surface area contributed by atoms with Crippen LogP contribution in [0.4, 0.5) is 13.2 Å². The molecular formula is C29H31F3N4O3. The topological polar surface area (TPSA) is 83.0 Å². The van der Waals surface area contributed by atoms with Crippen LogP contribution in [0.3, 0.4) is 0 Å². The normalized spacial score (nSPS) is 12.5. The van der Waals surface area contributed by atoms with Gasteiger partial charge in [0, 0.05) is 11.3 Å². The molecule has 0 fully saturated rings. The van der Waals surface area contributed by atoms with Crippen molar-refractivity contribution in [2.75, 3.05) is 6.61 Å². The molecule has 0 aliphatic heterocycles. The smallest absolute Gasteiger partial charge is 0.397 e. The Kier molecular flexibility index (Phi) is 7.42. The molecular weight excluding hydrogens is 509 g/mol. The SMILES string of the molecule is CCOC(=O)C(C)(C)c1cccc(Cn2nc(-c3nc(-c4ccc(C(C)(C)C(F)(F)F)cc4)no3)cc2C)c1. The van der Waals surface area contributed by atoms with Crippen molar-refractivity contribution in [3.63, 3.8) is 0 Å². The highest BCUT2D eigenvalue weighted by Gasteiger charge is 2.48. The number of carbonyl (C=O) groups excluding carboxylic acids is 1. The number of ether oxygens (including phenoxy) is 1. The van der Waals surface area contributed by atoms with Crippen molar-refractivity contribution in [3.05, 3.63) is 77.0 Å². The van der Waals surface area contributed by atoms with Gasteiger partial charge in [-0.25, -0.2) is 0 Å². The maximum Gasteiger partial charge on any atom is 0.397 e. The Morgan fingerprint density at radius 1 is 1.00 bits per heavy atom. The summed E-state index contributed by atoms with van der Waals surface area (Å²) in [4.78, 5) is 16.9. The fraction of sp³-hybridized carbons (Fsp3) is 0.379. The van der Waals surface area contributed by atoms with E-state index in [4.69, 9.17) is 9.26 Å². The van der Waals surface area contributed by atoms with Crippen molar-refractivity contribution in [1.29, 1.82) is 0 Å². The summed E-state index contributed by atoms with van der Waals surface area (Å²) in [7, 11) is 0. The van der Waals surface area contributed by atoms with Crippen LogP contribution in [-0.2, 0) is 26.9 Å². The Bertz CT molecular complexity index is 1470. The minimum Gasteiger partial charge on any atom is -0.465 e. The molecule has 39 heavy (non-hydrogen) atoms. The standard InChI is InChI=1S/C29H31F3N4O3/c1-7-38-26(37)27(3,4)22-10-8-9-19(16-22)17-36-18(2)15-23(34-36)25-33-24(35-39-25)20-11-13-21(14-12-20)28(5,6)29(30,31)32/h8-16H,7,17H2,1-6H3. The minimum atomic E-state index is -4.37. The number of halogens is 3. The number of aryl methyl sites for hydroxylation is 1. The van der Waals surface area contributed by atoms with E-state index < -0.39 is 17.0 Å². The lowest BCUT2D eigenvalue weighted by atomic mass is 9.83. The molecule has 0 atom stereocenters. The van der Waals surface area contributed by atoms with Gasteiger partial charge in [-0.05, 0) is 64.3 Å². The molecule has 206 valence electrons.